The molecule has 0 heterocycles. The second-order valence-electron chi connectivity index (χ2n) is 6.99. The average Bonchev–Trinajstić information content (AvgIpc) is 2.74. The fourth-order valence-electron chi connectivity index (χ4n) is 3.29. The number of halogens is 1. The number of aryl methyl sites for hydroxylation is 2. The molecule has 0 aromatic heterocycles. The lowest BCUT2D eigenvalue weighted by molar-refractivity contribution is 0.0601. The standard InChI is InChI=1S/C24H23ClN2O2S/c1-15-9-11-19(16(2)13-15)22(17-7-5-4-6-8-17)27-24(30)26-21-14-18(23(28)29-3)10-12-20(21)25/h4-14,22H,1-3H3,(H2,26,27,30)/t22-/m1/s1. The van der Waals surface area contributed by atoms with Crippen LogP contribution >= 0.6 is 23.8 Å². The Bertz CT molecular complexity index is 1070. The number of esters is 1. The topological polar surface area (TPSA) is 50.4 Å². The van der Waals surface area contributed by atoms with E-state index < -0.39 is 5.97 Å². The highest BCUT2D eigenvalue weighted by Gasteiger charge is 2.18. The molecule has 3 aromatic rings. The molecular formula is C24H23ClN2O2S. The van der Waals surface area contributed by atoms with E-state index in [-0.39, 0.29) is 6.04 Å². The largest absolute Gasteiger partial charge is 0.465 e. The van der Waals surface area contributed by atoms with Gasteiger partial charge in [0.1, 0.15) is 0 Å². The Morgan fingerprint density at radius 3 is 2.43 bits per heavy atom. The lowest BCUT2D eigenvalue weighted by Gasteiger charge is -2.24. The van der Waals surface area contributed by atoms with Crippen LogP contribution in [0, 0.1) is 13.8 Å². The molecule has 0 radical (unpaired) electrons. The number of methoxy groups -OCH3 is 1. The predicted octanol–water partition coefficient (Wildman–Crippen LogP) is 5.82. The number of hydrogen-bond acceptors (Lipinski definition) is 3. The van der Waals surface area contributed by atoms with E-state index in [0.29, 0.717) is 21.4 Å². The van der Waals surface area contributed by atoms with Gasteiger partial charge < -0.3 is 15.4 Å². The van der Waals surface area contributed by atoms with E-state index in [4.69, 9.17) is 28.6 Å². The van der Waals surface area contributed by atoms with Gasteiger partial charge in [-0.2, -0.15) is 0 Å². The van der Waals surface area contributed by atoms with Crippen molar-refractivity contribution in [3.05, 3.63) is 99.6 Å². The number of thiocarbonyl (C=S) groups is 1. The maximum atomic E-state index is 11.8. The van der Waals surface area contributed by atoms with Crippen LogP contribution in [0.5, 0.6) is 0 Å². The monoisotopic (exact) mass is 438 g/mol. The first-order valence-electron chi connectivity index (χ1n) is 9.46. The minimum atomic E-state index is -0.439. The van der Waals surface area contributed by atoms with Crippen LogP contribution in [0.2, 0.25) is 5.02 Å². The summed E-state index contributed by atoms with van der Waals surface area (Å²) >= 11 is 11.9. The maximum absolute atomic E-state index is 11.8. The molecule has 0 bridgehead atoms. The molecule has 0 aliphatic carbocycles. The summed E-state index contributed by atoms with van der Waals surface area (Å²) in [4.78, 5) is 11.8. The number of benzene rings is 3. The Kier molecular flexibility index (Phi) is 7.08. The molecular weight excluding hydrogens is 416 g/mol. The highest BCUT2D eigenvalue weighted by atomic mass is 35.5. The summed E-state index contributed by atoms with van der Waals surface area (Å²) in [6.07, 6.45) is 0. The molecule has 3 rings (SSSR count). The third-order valence-corrected chi connectivity index (χ3v) is 5.33. The van der Waals surface area contributed by atoms with E-state index in [1.165, 1.54) is 18.2 Å². The van der Waals surface area contributed by atoms with Crippen LogP contribution < -0.4 is 10.6 Å². The molecule has 30 heavy (non-hydrogen) atoms. The van der Waals surface area contributed by atoms with Crippen LogP contribution in [0.3, 0.4) is 0 Å². The van der Waals surface area contributed by atoms with Crippen molar-refractivity contribution in [3.63, 3.8) is 0 Å². The Labute approximate surface area is 187 Å². The predicted molar refractivity (Wildman–Crippen MR) is 126 cm³/mol. The van der Waals surface area contributed by atoms with Gasteiger partial charge in [0, 0.05) is 0 Å². The van der Waals surface area contributed by atoms with Crippen LogP contribution in [0.4, 0.5) is 5.69 Å². The van der Waals surface area contributed by atoms with Crippen molar-refractivity contribution in [2.75, 3.05) is 12.4 Å². The number of hydrogen-bond donors (Lipinski definition) is 2. The Hall–Kier alpha value is -2.89. The third kappa shape index (κ3) is 5.17. The highest BCUT2D eigenvalue weighted by molar-refractivity contribution is 7.80. The van der Waals surface area contributed by atoms with Crippen molar-refractivity contribution in [3.8, 4) is 0 Å². The molecule has 4 nitrogen and oxygen atoms in total. The maximum Gasteiger partial charge on any atom is 0.337 e. The summed E-state index contributed by atoms with van der Waals surface area (Å²) in [5, 5.41) is 7.35. The van der Waals surface area contributed by atoms with Gasteiger partial charge in [0.15, 0.2) is 5.11 Å². The van der Waals surface area contributed by atoms with Gasteiger partial charge >= 0.3 is 5.97 Å². The van der Waals surface area contributed by atoms with Crippen molar-refractivity contribution in [2.24, 2.45) is 0 Å². The van der Waals surface area contributed by atoms with Crippen molar-refractivity contribution < 1.29 is 9.53 Å². The number of anilines is 1. The number of ether oxygens (including phenoxy) is 1. The van der Waals surface area contributed by atoms with E-state index in [2.05, 4.69) is 54.8 Å². The molecule has 0 saturated heterocycles. The van der Waals surface area contributed by atoms with Crippen molar-refractivity contribution in [2.45, 2.75) is 19.9 Å². The zero-order valence-corrected chi connectivity index (χ0v) is 18.6. The number of nitrogens with one attached hydrogen (secondary N) is 2. The summed E-state index contributed by atoms with van der Waals surface area (Å²) < 4.78 is 4.78. The lowest BCUT2D eigenvalue weighted by atomic mass is 9.94. The zero-order chi connectivity index (χ0) is 21.7. The Morgan fingerprint density at radius 2 is 1.77 bits per heavy atom. The van der Waals surface area contributed by atoms with Gasteiger partial charge in [-0.05, 0) is 61.0 Å². The number of carbonyl (C=O) groups is 1. The van der Waals surface area contributed by atoms with E-state index in [9.17, 15) is 4.79 Å². The molecule has 6 heteroatoms. The molecule has 1 atom stereocenters. The van der Waals surface area contributed by atoms with Gasteiger partial charge in [-0.1, -0.05) is 65.7 Å². The molecule has 0 spiro atoms. The fourth-order valence-corrected chi connectivity index (χ4v) is 3.68. The Balaban J connectivity index is 1.88. The first-order valence-corrected chi connectivity index (χ1v) is 10.2. The Morgan fingerprint density at radius 1 is 1.03 bits per heavy atom. The van der Waals surface area contributed by atoms with Crippen molar-refractivity contribution in [1.29, 1.82) is 0 Å². The lowest BCUT2D eigenvalue weighted by Crippen LogP contribution is -2.33. The average molecular weight is 439 g/mol. The third-order valence-electron chi connectivity index (χ3n) is 4.78. The second-order valence-corrected chi connectivity index (χ2v) is 7.80. The van der Waals surface area contributed by atoms with Crippen LogP contribution in [-0.2, 0) is 4.74 Å². The smallest absolute Gasteiger partial charge is 0.337 e. The van der Waals surface area contributed by atoms with E-state index in [1.54, 1.807) is 18.2 Å². The van der Waals surface area contributed by atoms with E-state index in [0.717, 1.165) is 11.1 Å². The molecule has 0 aliphatic heterocycles. The van der Waals surface area contributed by atoms with E-state index >= 15 is 0 Å². The highest BCUT2D eigenvalue weighted by Crippen LogP contribution is 2.27. The zero-order valence-electron chi connectivity index (χ0n) is 17.0. The second kappa shape index (κ2) is 9.74. The van der Waals surface area contributed by atoms with Crippen molar-refractivity contribution in [1.82, 2.24) is 5.32 Å². The van der Waals surface area contributed by atoms with Gasteiger partial charge in [0.2, 0.25) is 0 Å². The van der Waals surface area contributed by atoms with Crippen LogP contribution in [0.15, 0.2) is 66.7 Å². The normalized spacial score (nSPS) is 11.5. The molecule has 154 valence electrons. The summed E-state index contributed by atoms with van der Waals surface area (Å²) in [5.74, 6) is -0.439. The molecule has 0 fully saturated rings. The van der Waals surface area contributed by atoms with Gasteiger partial charge in [-0.15, -0.1) is 0 Å². The molecule has 0 aliphatic rings. The molecule has 3 aromatic carbocycles. The summed E-state index contributed by atoms with van der Waals surface area (Å²) in [7, 11) is 1.34. The quantitative estimate of drug-likeness (QED) is 0.388. The van der Waals surface area contributed by atoms with Crippen LogP contribution in [0.1, 0.15) is 38.7 Å². The SMILES string of the molecule is COC(=O)c1ccc(Cl)c(NC(=S)N[C@H](c2ccccc2)c2ccc(C)cc2C)c1. The summed E-state index contributed by atoms with van der Waals surface area (Å²) in [6.45, 7) is 4.16. The summed E-state index contributed by atoms with van der Waals surface area (Å²) in [6, 6.07) is 21.2. The molecule has 2 N–H and O–H groups in total. The fraction of sp³-hybridized carbons (Fsp3) is 0.167. The molecule has 0 saturated carbocycles. The van der Waals surface area contributed by atoms with Gasteiger partial charge in [0.05, 0.1) is 29.4 Å². The van der Waals surface area contributed by atoms with Crippen molar-refractivity contribution >= 4 is 40.6 Å². The van der Waals surface area contributed by atoms with Crippen LogP contribution in [0.25, 0.3) is 0 Å². The molecule has 0 unspecified atom stereocenters. The van der Waals surface area contributed by atoms with Crippen LogP contribution in [-0.4, -0.2) is 18.2 Å². The molecule has 0 amide bonds. The first kappa shape index (κ1) is 21.8. The van der Waals surface area contributed by atoms with E-state index in [1.807, 2.05) is 18.2 Å². The number of rotatable bonds is 5. The van der Waals surface area contributed by atoms with Gasteiger partial charge in [-0.3, -0.25) is 0 Å². The van der Waals surface area contributed by atoms with Gasteiger partial charge in [0.25, 0.3) is 0 Å². The minimum absolute atomic E-state index is 0.144. The minimum Gasteiger partial charge on any atom is -0.465 e. The van der Waals surface area contributed by atoms with Gasteiger partial charge in [-0.25, -0.2) is 4.79 Å². The number of carbonyl (C=O) groups excluding carboxylic acids is 1. The summed E-state index contributed by atoms with van der Waals surface area (Å²) in [5.41, 5.74) is 5.51. The first-order chi connectivity index (χ1) is 14.4.